The third-order valence-corrected chi connectivity index (χ3v) is 4.61. The number of nitrogens with two attached hydrogens (primary N) is 1. The molecule has 0 fully saturated rings. The number of nitrogen functional groups attached to an aromatic ring is 1. The Bertz CT molecular complexity index is 586. The van der Waals surface area contributed by atoms with Gasteiger partial charge >= 0.3 is 5.97 Å². The van der Waals surface area contributed by atoms with E-state index in [0.29, 0.717) is 0 Å². The van der Waals surface area contributed by atoms with Gasteiger partial charge in [0.1, 0.15) is 0 Å². The van der Waals surface area contributed by atoms with Crippen LogP contribution in [-0.2, 0) is 19.5 Å². The summed E-state index contributed by atoms with van der Waals surface area (Å²) in [6, 6.07) is 4.02. The number of nitrogens with zero attached hydrogens (tertiary/aromatic N) is 1. The van der Waals surface area contributed by atoms with E-state index in [4.69, 9.17) is 10.5 Å². The van der Waals surface area contributed by atoms with E-state index in [0.717, 1.165) is 4.31 Å². The lowest BCUT2D eigenvalue weighted by atomic mass is 10.2. The summed E-state index contributed by atoms with van der Waals surface area (Å²) in [6.45, 7) is 0.403. The predicted octanol–water partition coefficient (Wildman–Crippen LogP) is 0.322. The van der Waals surface area contributed by atoms with Gasteiger partial charge in [0, 0.05) is 26.4 Å². The first-order valence-corrected chi connectivity index (χ1v) is 7.21. The standard InChI is InChI=1S/C12H18N2O5S/c1-14(6-7-18-2)20(16,17)11-8-9(13)4-5-10(11)12(15)19-3/h4-5,8H,6-7,13H2,1-3H3. The molecule has 1 aromatic carbocycles. The van der Waals surface area contributed by atoms with Crippen molar-refractivity contribution in [1.29, 1.82) is 0 Å². The molecule has 0 heterocycles. The number of esters is 1. The molecule has 1 aromatic rings. The zero-order valence-corrected chi connectivity index (χ0v) is 12.4. The summed E-state index contributed by atoms with van der Waals surface area (Å²) in [6.07, 6.45) is 0. The van der Waals surface area contributed by atoms with Gasteiger partial charge in [-0.2, -0.15) is 4.31 Å². The second-order valence-electron chi connectivity index (χ2n) is 4.07. The number of carbonyl (C=O) groups is 1. The van der Waals surface area contributed by atoms with Gasteiger partial charge in [0.2, 0.25) is 10.0 Å². The van der Waals surface area contributed by atoms with Gasteiger partial charge in [-0.05, 0) is 18.2 Å². The summed E-state index contributed by atoms with van der Waals surface area (Å²) < 4.78 is 35.4. The van der Waals surface area contributed by atoms with Crippen molar-refractivity contribution in [1.82, 2.24) is 4.31 Å². The number of hydrogen-bond acceptors (Lipinski definition) is 6. The Morgan fingerprint density at radius 3 is 2.55 bits per heavy atom. The molecule has 0 aliphatic rings. The summed E-state index contributed by atoms with van der Waals surface area (Å²) in [5, 5.41) is 0. The van der Waals surface area contributed by atoms with Crippen molar-refractivity contribution in [3.05, 3.63) is 23.8 Å². The van der Waals surface area contributed by atoms with Crippen molar-refractivity contribution in [2.75, 3.05) is 40.2 Å². The van der Waals surface area contributed by atoms with Gasteiger partial charge in [-0.1, -0.05) is 0 Å². The van der Waals surface area contributed by atoms with Crippen molar-refractivity contribution < 1.29 is 22.7 Å². The number of ether oxygens (including phenoxy) is 2. The molecule has 0 aliphatic carbocycles. The highest BCUT2D eigenvalue weighted by atomic mass is 32.2. The van der Waals surface area contributed by atoms with Gasteiger partial charge in [0.05, 0.1) is 24.2 Å². The first kappa shape index (κ1) is 16.4. The molecule has 7 nitrogen and oxygen atoms in total. The van der Waals surface area contributed by atoms with E-state index in [1.165, 1.54) is 39.5 Å². The molecule has 20 heavy (non-hydrogen) atoms. The molecule has 0 saturated heterocycles. The Morgan fingerprint density at radius 1 is 1.35 bits per heavy atom. The lowest BCUT2D eigenvalue weighted by Crippen LogP contribution is -2.31. The van der Waals surface area contributed by atoms with Crippen LogP contribution in [0.5, 0.6) is 0 Å². The first-order chi connectivity index (χ1) is 9.34. The van der Waals surface area contributed by atoms with Crippen LogP contribution in [0, 0.1) is 0 Å². The lowest BCUT2D eigenvalue weighted by Gasteiger charge is -2.18. The fourth-order valence-electron chi connectivity index (χ4n) is 1.54. The average Bonchev–Trinajstić information content (AvgIpc) is 2.43. The summed E-state index contributed by atoms with van der Waals surface area (Å²) in [4.78, 5) is 11.5. The maximum Gasteiger partial charge on any atom is 0.339 e. The lowest BCUT2D eigenvalue weighted by molar-refractivity contribution is 0.0596. The monoisotopic (exact) mass is 302 g/mol. The van der Waals surface area contributed by atoms with E-state index in [2.05, 4.69) is 4.74 Å². The van der Waals surface area contributed by atoms with Crippen LogP contribution in [0.25, 0.3) is 0 Å². The van der Waals surface area contributed by atoms with Gasteiger partial charge in [-0.25, -0.2) is 13.2 Å². The van der Waals surface area contributed by atoms with Gasteiger partial charge < -0.3 is 15.2 Å². The summed E-state index contributed by atoms with van der Waals surface area (Å²) in [5.41, 5.74) is 5.80. The van der Waals surface area contributed by atoms with E-state index in [-0.39, 0.29) is 29.3 Å². The second-order valence-corrected chi connectivity index (χ2v) is 6.08. The van der Waals surface area contributed by atoms with Crippen molar-refractivity contribution in [2.45, 2.75) is 4.90 Å². The number of rotatable bonds is 6. The Kier molecular flexibility index (Phi) is 5.49. The fourth-order valence-corrected chi connectivity index (χ4v) is 2.90. The van der Waals surface area contributed by atoms with Crippen molar-refractivity contribution >= 4 is 21.7 Å². The number of likely N-dealkylation sites (N-methyl/N-ethyl adjacent to an activating group) is 1. The van der Waals surface area contributed by atoms with Gasteiger partial charge in [-0.15, -0.1) is 0 Å². The Morgan fingerprint density at radius 2 is 2.00 bits per heavy atom. The van der Waals surface area contributed by atoms with E-state index >= 15 is 0 Å². The van der Waals surface area contributed by atoms with Gasteiger partial charge in [0.15, 0.2) is 0 Å². The molecule has 1 rings (SSSR count). The van der Waals surface area contributed by atoms with Crippen molar-refractivity contribution in [3.8, 4) is 0 Å². The van der Waals surface area contributed by atoms with Crippen LogP contribution in [-0.4, -0.2) is 53.1 Å². The van der Waals surface area contributed by atoms with E-state index in [1.807, 2.05) is 0 Å². The van der Waals surface area contributed by atoms with E-state index in [1.54, 1.807) is 0 Å². The van der Waals surface area contributed by atoms with Crippen LogP contribution >= 0.6 is 0 Å². The predicted molar refractivity (Wildman–Crippen MR) is 73.9 cm³/mol. The number of hydrogen-bond donors (Lipinski definition) is 1. The Labute approximate surface area is 118 Å². The molecule has 0 radical (unpaired) electrons. The molecule has 0 aliphatic heterocycles. The summed E-state index contributed by atoms with van der Waals surface area (Å²) in [7, 11) is 0.212. The number of methoxy groups -OCH3 is 2. The van der Waals surface area contributed by atoms with Crippen LogP contribution in [0.3, 0.4) is 0 Å². The molecule has 0 bridgehead atoms. The molecule has 112 valence electrons. The second kappa shape index (κ2) is 6.69. The number of carbonyl (C=O) groups excluding carboxylic acids is 1. The quantitative estimate of drug-likeness (QED) is 0.600. The summed E-state index contributed by atoms with van der Waals surface area (Å²) >= 11 is 0. The minimum Gasteiger partial charge on any atom is -0.465 e. The third kappa shape index (κ3) is 3.47. The zero-order valence-electron chi connectivity index (χ0n) is 11.6. The van der Waals surface area contributed by atoms with Crippen LogP contribution < -0.4 is 5.73 Å². The van der Waals surface area contributed by atoms with Crippen molar-refractivity contribution in [3.63, 3.8) is 0 Å². The average molecular weight is 302 g/mol. The number of benzene rings is 1. The van der Waals surface area contributed by atoms with Crippen LogP contribution in [0.15, 0.2) is 23.1 Å². The fraction of sp³-hybridized carbons (Fsp3) is 0.417. The molecular formula is C12H18N2O5S. The smallest absolute Gasteiger partial charge is 0.339 e. The SMILES string of the molecule is COCCN(C)S(=O)(=O)c1cc(N)ccc1C(=O)OC. The Hall–Kier alpha value is -1.64. The summed E-state index contributed by atoms with van der Waals surface area (Å²) in [5.74, 6) is -0.733. The molecule has 0 amide bonds. The van der Waals surface area contributed by atoms with Crippen LogP contribution in [0.4, 0.5) is 5.69 Å². The topological polar surface area (TPSA) is 98.9 Å². The molecular weight excluding hydrogens is 284 g/mol. The number of sulfonamides is 1. The maximum atomic E-state index is 12.4. The highest BCUT2D eigenvalue weighted by Gasteiger charge is 2.27. The first-order valence-electron chi connectivity index (χ1n) is 5.77. The van der Waals surface area contributed by atoms with Gasteiger partial charge in [0.25, 0.3) is 0 Å². The molecule has 0 aromatic heterocycles. The normalized spacial score (nSPS) is 11.6. The molecule has 0 spiro atoms. The molecule has 2 N–H and O–H groups in total. The highest BCUT2D eigenvalue weighted by molar-refractivity contribution is 7.89. The minimum atomic E-state index is -3.85. The maximum absolute atomic E-state index is 12.4. The minimum absolute atomic E-state index is 0.0500. The zero-order chi connectivity index (χ0) is 15.3. The molecule has 8 heteroatoms. The molecule has 0 atom stereocenters. The number of anilines is 1. The molecule has 0 saturated carbocycles. The van der Waals surface area contributed by atoms with E-state index in [9.17, 15) is 13.2 Å². The Balaban J connectivity index is 3.29. The van der Waals surface area contributed by atoms with Crippen LogP contribution in [0.1, 0.15) is 10.4 Å². The largest absolute Gasteiger partial charge is 0.465 e. The molecule has 0 unspecified atom stereocenters. The van der Waals surface area contributed by atoms with Gasteiger partial charge in [-0.3, -0.25) is 0 Å². The van der Waals surface area contributed by atoms with Crippen LogP contribution in [0.2, 0.25) is 0 Å². The van der Waals surface area contributed by atoms with E-state index < -0.39 is 16.0 Å². The van der Waals surface area contributed by atoms with Crippen molar-refractivity contribution in [2.24, 2.45) is 0 Å². The third-order valence-electron chi connectivity index (χ3n) is 2.71. The highest BCUT2D eigenvalue weighted by Crippen LogP contribution is 2.22.